The lowest BCUT2D eigenvalue weighted by Crippen LogP contribution is -2.39. The lowest BCUT2D eigenvalue weighted by molar-refractivity contribution is 0.0661. The molecule has 29 heavy (non-hydrogen) atoms. The first-order chi connectivity index (χ1) is 14.0. The fourth-order valence-corrected chi connectivity index (χ4v) is 3.79. The third-order valence-electron chi connectivity index (χ3n) is 5.24. The molecular formula is C22H20ClFN2O3. The van der Waals surface area contributed by atoms with Gasteiger partial charge in [-0.1, -0.05) is 17.7 Å². The number of halogens is 2. The second kappa shape index (κ2) is 8.25. The van der Waals surface area contributed by atoms with Crippen LogP contribution in [0.5, 0.6) is 5.75 Å². The number of benzene rings is 2. The number of hydrogen-bond acceptors (Lipinski definition) is 3. The molecule has 1 fully saturated rings. The van der Waals surface area contributed by atoms with Crippen molar-refractivity contribution in [3.8, 4) is 5.75 Å². The van der Waals surface area contributed by atoms with Gasteiger partial charge in [-0.15, -0.1) is 0 Å². The number of carbonyl (C=O) groups is 1. The molecule has 1 amide bonds. The molecule has 1 aromatic heterocycles. The molecule has 1 aliphatic rings. The minimum Gasteiger partial charge on any atom is -0.492 e. The third-order valence-corrected chi connectivity index (χ3v) is 5.54. The van der Waals surface area contributed by atoms with E-state index in [2.05, 4.69) is 4.98 Å². The van der Waals surface area contributed by atoms with Crippen molar-refractivity contribution >= 4 is 28.4 Å². The van der Waals surface area contributed by atoms with Crippen LogP contribution in [-0.4, -0.2) is 35.5 Å². The third kappa shape index (κ3) is 4.43. The quantitative estimate of drug-likeness (QED) is 0.694. The lowest BCUT2D eigenvalue weighted by atomic mass is 9.97. The fraction of sp³-hybridized carbons (Fsp3) is 0.273. The predicted octanol–water partition coefficient (Wildman–Crippen LogP) is 4.25. The van der Waals surface area contributed by atoms with Crippen molar-refractivity contribution in [2.75, 3.05) is 19.7 Å². The van der Waals surface area contributed by atoms with E-state index in [1.165, 1.54) is 24.3 Å². The highest BCUT2D eigenvalue weighted by molar-refractivity contribution is 6.32. The number of H-pyrrole nitrogens is 1. The van der Waals surface area contributed by atoms with Gasteiger partial charge in [-0.3, -0.25) is 9.59 Å². The Labute approximate surface area is 172 Å². The van der Waals surface area contributed by atoms with Crippen molar-refractivity contribution in [3.63, 3.8) is 0 Å². The van der Waals surface area contributed by atoms with E-state index in [1.54, 1.807) is 18.2 Å². The van der Waals surface area contributed by atoms with Crippen molar-refractivity contribution < 1.29 is 13.9 Å². The van der Waals surface area contributed by atoms with Gasteiger partial charge in [0.2, 0.25) is 5.56 Å². The topological polar surface area (TPSA) is 62.4 Å². The molecule has 7 heteroatoms. The van der Waals surface area contributed by atoms with E-state index in [4.69, 9.17) is 16.3 Å². The van der Waals surface area contributed by atoms with E-state index >= 15 is 0 Å². The number of aromatic nitrogens is 1. The van der Waals surface area contributed by atoms with Crippen LogP contribution in [0.2, 0.25) is 5.02 Å². The fourth-order valence-electron chi connectivity index (χ4n) is 3.57. The zero-order valence-corrected chi connectivity index (χ0v) is 16.4. The highest BCUT2D eigenvalue weighted by Gasteiger charge is 2.24. The molecule has 0 spiro atoms. The molecule has 1 saturated heterocycles. The first-order valence-corrected chi connectivity index (χ1v) is 9.87. The average molecular weight is 415 g/mol. The zero-order valence-electron chi connectivity index (χ0n) is 15.7. The van der Waals surface area contributed by atoms with Gasteiger partial charge in [-0.2, -0.15) is 0 Å². The zero-order chi connectivity index (χ0) is 20.4. The van der Waals surface area contributed by atoms with Gasteiger partial charge in [0.15, 0.2) is 0 Å². The monoisotopic (exact) mass is 414 g/mol. The van der Waals surface area contributed by atoms with Crippen molar-refractivity contribution in [1.82, 2.24) is 9.88 Å². The molecular weight excluding hydrogens is 395 g/mol. The molecule has 5 nitrogen and oxygen atoms in total. The molecule has 2 aromatic carbocycles. The number of hydrogen-bond donors (Lipinski definition) is 1. The summed E-state index contributed by atoms with van der Waals surface area (Å²) in [5.41, 5.74) is 1.03. The number of fused-ring (bicyclic) bond motifs is 1. The molecule has 1 N–H and O–H groups in total. The van der Waals surface area contributed by atoms with E-state index in [0.717, 1.165) is 18.2 Å². The molecule has 0 bridgehead atoms. The van der Waals surface area contributed by atoms with E-state index in [9.17, 15) is 14.0 Å². The molecule has 0 aliphatic carbocycles. The maximum absolute atomic E-state index is 13.1. The molecule has 4 rings (SSSR count). The number of rotatable bonds is 4. The number of carbonyl (C=O) groups excluding carboxylic acids is 1. The molecule has 150 valence electrons. The van der Waals surface area contributed by atoms with E-state index < -0.39 is 5.82 Å². The molecule has 1 aliphatic heterocycles. The maximum Gasteiger partial charge on any atom is 0.253 e. The first-order valence-electron chi connectivity index (χ1n) is 9.50. The Balaban J connectivity index is 1.35. The Morgan fingerprint density at radius 2 is 1.90 bits per heavy atom. The number of likely N-dealkylation sites (tertiary alicyclic amines) is 1. The van der Waals surface area contributed by atoms with E-state index in [1.807, 2.05) is 11.0 Å². The summed E-state index contributed by atoms with van der Waals surface area (Å²) in [6, 6.07) is 12.6. The van der Waals surface area contributed by atoms with Crippen LogP contribution in [0.4, 0.5) is 4.39 Å². The summed E-state index contributed by atoms with van der Waals surface area (Å²) >= 11 is 5.99. The summed E-state index contributed by atoms with van der Waals surface area (Å²) < 4.78 is 18.8. The van der Waals surface area contributed by atoms with E-state index in [0.29, 0.717) is 42.4 Å². The van der Waals surface area contributed by atoms with Crippen LogP contribution < -0.4 is 10.3 Å². The van der Waals surface area contributed by atoms with Crippen molar-refractivity contribution in [1.29, 1.82) is 0 Å². The Morgan fingerprint density at radius 1 is 1.14 bits per heavy atom. The van der Waals surface area contributed by atoms with Crippen molar-refractivity contribution in [2.45, 2.75) is 12.8 Å². The van der Waals surface area contributed by atoms with Gasteiger partial charge in [-0.05, 0) is 60.5 Å². The van der Waals surface area contributed by atoms with Crippen LogP contribution in [0.1, 0.15) is 23.2 Å². The Hall–Kier alpha value is -2.86. The molecule has 2 heterocycles. The average Bonchev–Trinajstić information content (AvgIpc) is 2.72. The summed E-state index contributed by atoms with van der Waals surface area (Å²) in [6.45, 7) is 1.74. The molecule has 3 aromatic rings. The van der Waals surface area contributed by atoms with Crippen LogP contribution in [0.25, 0.3) is 10.9 Å². The van der Waals surface area contributed by atoms with Gasteiger partial charge < -0.3 is 14.6 Å². The number of aromatic amines is 1. The lowest BCUT2D eigenvalue weighted by Gasteiger charge is -2.32. The second-order valence-electron chi connectivity index (χ2n) is 7.25. The van der Waals surface area contributed by atoms with E-state index in [-0.39, 0.29) is 16.5 Å². The molecule has 0 radical (unpaired) electrons. The van der Waals surface area contributed by atoms with Gasteiger partial charge >= 0.3 is 0 Å². The predicted molar refractivity (Wildman–Crippen MR) is 110 cm³/mol. The van der Waals surface area contributed by atoms with Gasteiger partial charge in [0.05, 0.1) is 11.6 Å². The Kier molecular flexibility index (Phi) is 5.53. The highest BCUT2D eigenvalue weighted by Crippen LogP contribution is 2.27. The highest BCUT2D eigenvalue weighted by atomic mass is 35.5. The standard InChI is InChI=1S/C22H20ClFN2O3/c23-18-12-17(24)4-5-20(18)29-13-14-7-9-26(10-8-14)22(28)16-2-1-15-3-6-21(27)25-19(15)11-16/h1-6,11-12,14H,7-10,13H2,(H,25,27). The normalized spacial score (nSPS) is 14.9. The van der Waals surface area contributed by atoms with Gasteiger partial charge in [0.25, 0.3) is 5.91 Å². The Morgan fingerprint density at radius 3 is 2.66 bits per heavy atom. The van der Waals surface area contributed by atoms with Crippen LogP contribution in [0.15, 0.2) is 53.3 Å². The minimum atomic E-state index is -0.396. The van der Waals surface area contributed by atoms with Crippen molar-refractivity contribution in [2.24, 2.45) is 5.92 Å². The smallest absolute Gasteiger partial charge is 0.253 e. The summed E-state index contributed by atoms with van der Waals surface area (Å²) in [4.78, 5) is 28.9. The maximum atomic E-state index is 13.1. The number of nitrogens with one attached hydrogen (secondary N) is 1. The minimum absolute atomic E-state index is 0.0439. The molecule has 0 saturated carbocycles. The van der Waals surface area contributed by atoms with Crippen LogP contribution in [0.3, 0.4) is 0 Å². The summed E-state index contributed by atoms with van der Waals surface area (Å²) in [6.07, 6.45) is 1.63. The van der Waals surface area contributed by atoms with Crippen LogP contribution in [-0.2, 0) is 0 Å². The summed E-state index contributed by atoms with van der Waals surface area (Å²) in [5, 5.41) is 1.14. The number of amides is 1. The Bertz CT molecular complexity index is 1110. The second-order valence-corrected chi connectivity index (χ2v) is 7.65. The summed E-state index contributed by atoms with van der Waals surface area (Å²) in [5.74, 6) is 0.328. The molecule has 0 atom stereocenters. The van der Waals surface area contributed by atoms with Crippen molar-refractivity contribution in [3.05, 3.63) is 75.3 Å². The van der Waals surface area contributed by atoms with Crippen LogP contribution >= 0.6 is 11.6 Å². The number of ether oxygens (including phenoxy) is 1. The SMILES string of the molecule is O=C(c1ccc2ccc(=O)[nH]c2c1)N1CCC(COc2ccc(F)cc2Cl)CC1. The number of pyridine rings is 1. The van der Waals surface area contributed by atoms with Gasteiger partial charge in [0, 0.05) is 30.2 Å². The summed E-state index contributed by atoms with van der Waals surface area (Å²) in [7, 11) is 0. The van der Waals surface area contributed by atoms with Gasteiger partial charge in [-0.25, -0.2) is 4.39 Å². The van der Waals surface area contributed by atoms with Crippen LogP contribution in [0, 0.1) is 11.7 Å². The number of nitrogens with zero attached hydrogens (tertiary/aromatic N) is 1. The van der Waals surface area contributed by atoms with Gasteiger partial charge in [0.1, 0.15) is 11.6 Å². The molecule has 0 unspecified atom stereocenters. The largest absolute Gasteiger partial charge is 0.492 e. The number of piperidine rings is 1. The first kappa shape index (κ1) is 19.5.